The summed E-state index contributed by atoms with van der Waals surface area (Å²) in [5.74, 6) is 1.20. The average Bonchev–Trinajstić information content (AvgIpc) is 3.26. The van der Waals surface area contributed by atoms with Gasteiger partial charge in [-0.2, -0.15) is 0 Å². The van der Waals surface area contributed by atoms with E-state index >= 15 is 0 Å². The fourth-order valence-electron chi connectivity index (χ4n) is 4.18. The lowest BCUT2D eigenvalue weighted by atomic mass is 10.0. The molecule has 0 radical (unpaired) electrons. The number of likely N-dealkylation sites (tertiary alicyclic amines) is 1. The minimum atomic E-state index is 0.466. The molecule has 0 saturated carbocycles. The van der Waals surface area contributed by atoms with Crippen molar-refractivity contribution < 1.29 is 14.3 Å². The van der Waals surface area contributed by atoms with Gasteiger partial charge in [-0.05, 0) is 45.3 Å². The Morgan fingerprint density at radius 1 is 1.21 bits per heavy atom. The summed E-state index contributed by atoms with van der Waals surface area (Å²) >= 11 is 0. The van der Waals surface area contributed by atoms with Crippen LogP contribution < -0.4 is 14.8 Å². The second kappa shape index (κ2) is 8.66. The predicted octanol–water partition coefficient (Wildman–Crippen LogP) is 4.14. The van der Waals surface area contributed by atoms with Crippen molar-refractivity contribution in [1.29, 1.82) is 0 Å². The number of ether oxygens (including phenoxy) is 2. The summed E-state index contributed by atoms with van der Waals surface area (Å²) in [5.41, 5.74) is 3.32. The largest absolute Gasteiger partial charge is 0.493 e. The highest BCUT2D eigenvalue weighted by molar-refractivity contribution is 6.11. The molecular formula is C23H27N3O3. The van der Waals surface area contributed by atoms with Gasteiger partial charge in [0.25, 0.3) is 6.47 Å². The van der Waals surface area contributed by atoms with Crippen molar-refractivity contribution in [2.24, 2.45) is 0 Å². The van der Waals surface area contributed by atoms with Gasteiger partial charge in [-0.15, -0.1) is 0 Å². The van der Waals surface area contributed by atoms with Gasteiger partial charge < -0.3 is 19.7 Å². The molecule has 152 valence electrons. The first-order chi connectivity index (χ1) is 14.2. The van der Waals surface area contributed by atoms with Crippen molar-refractivity contribution in [2.45, 2.75) is 26.2 Å². The van der Waals surface area contributed by atoms with Gasteiger partial charge in [0.15, 0.2) is 0 Å². The lowest BCUT2D eigenvalue weighted by Crippen LogP contribution is -2.22. The van der Waals surface area contributed by atoms with Gasteiger partial charge in [0.05, 0.1) is 28.7 Å². The Bertz CT molecular complexity index is 1030. The van der Waals surface area contributed by atoms with Crippen LogP contribution in [0.3, 0.4) is 0 Å². The molecule has 0 spiro atoms. The van der Waals surface area contributed by atoms with E-state index in [0.717, 1.165) is 46.0 Å². The van der Waals surface area contributed by atoms with Crippen LogP contribution in [0.1, 0.15) is 24.8 Å². The van der Waals surface area contributed by atoms with E-state index < -0.39 is 0 Å². The number of para-hydroxylation sites is 1. The summed E-state index contributed by atoms with van der Waals surface area (Å²) in [6.07, 6.45) is 3.56. The summed E-state index contributed by atoms with van der Waals surface area (Å²) in [6.45, 7) is 6.44. The maximum atomic E-state index is 11.2. The number of carbonyl (C=O) groups excluding carboxylic acids is 1. The highest BCUT2D eigenvalue weighted by Gasteiger charge is 2.19. The fourth-order valence-corrected chi connectivity index (χ4v) is 4.18. The third kappa shape index (κ3) is 3.85. The monoisotopic (exact) mass is 393 g/mol. The number of aromatic nitrogens is 1. The SMILES string of the molecule is CNc1c2ccccc2nc2cc(OCCCN3CCCC3)c(C)c(OC=O)c12. The Labute approximate surface area is 170 Å². The van der Waals surface area contributed by atoms with E-state index in [2.05, 4.69) is 10.2 Å². The molecule has 1 aliphatic heterocycles. The van der Waals surface area contributed by atoms with E-state index in [1.165, 1.54) is 25.9 Å². The number of nitrogens with zero attached hydrogens (tertiary/aromatic N) is 2. The average molecular weight is 393 g/mol. The topological polar surface area (TPSA) is 63.7 Å². The van der Waals surface area contributed by atoms with Gasteiger partial charge in [0.2, 0.25) is 0 Å². The lowest BCUT2D eigenvalue weighted by molar-refractivity contribution is -0.120. The van der Waals surface area contributed by atoms with E-state index in [9.17, 15) is 4.79 Å². The number of hydrogen-bond acceptors (Lipinski definition) is 6. The Morgan fingerprint density at radius 3 is 2.76 bits per heavy atom. The van der Waals surface area contributed by atoms with Crippen LogP contribution in [0.15, 0.2) is 30.3 Å². The van der Waals surface area contributed by atoms with Gasteiger partial charge in [-0.25, -0.2) is 4.98 Å². The van der Waals surface area contributed by atoms with Gasteiger partial charge in [-0.3, -0.25) is 4.79 Å². The number of fused-ring (bicyclic) bond motifs is 2. The smallest absolute Gasteiger partial charge is 0.298 e. The quantitative estimate of drug-likeness (QED) is 0.353. The van der Waals surface area contributed by atoms with Gasteiger partial charge >= 0.3 is 0 Å². The number of carbonyl (C=O) groups is 1. The van der Waals surface area contributed by atoms with Crippen LogP contribution in [0.4, 0.5) is 5.69 Å². The minimum absolute atomic E-state index is 0.466. The number of hydrogen-bond donors (Lipinski definition) is 1. The van der Waals surface area contributed by atoms with E-state index in [1.54, 1.807) is 0 Å². The molecule has 0 amide bonds. The van der Waals surface area contributed by atoms with Gasteiger partial charge in [0.1, 0.15) is 11.5 Å². The van der Waals surface area contributed by atoms with E-state index in [4.69, 9.17) is 14.5 Å². The van der Waals surface area contributed by atoms with Crippen LogP contribution in [0, 0.1) is 6.92 Å². The molecule has 0 bridgehead atoms. The third-order valence-electron chi connectivity index (χ3n) is 5.62. The first-order valence-electron chi connectivity index (χ1n) is 10.2. The molecule has 29 heavy (non-hydrogen) atoms. The maximum absolute atomic E-state index is 11.2. The molecular weight excluding hydrogens is 366 g/mol. The Kier molecular flexibility index (Phi) is 5.81. The molecule has 0 unspecified atom stereocenters. The first-order valence-corrected chi connectivity index (χ1v) is 10.2. The summed E-state index contributed by atoms with van der Waals surface area (Å²) in [4.78, 5) is 18.5. The second-order valence-electron chi connectivity index (χ2n) is 7.44. The van der Waals surface area contributed by atoms with Crippen molar-refractivity contribution in [1.82, 2.24) is 9.88 Å². The zero-order chi connectivity index (χ0) is 20.2. The fraction of sp³-hybridized carbons (Fsp3) is 0.391. The van der Waals surface area contributed by atoms with Gasteiger partial charge in [-0.1, -0.05) is 18.2 Å². The van der Waals surface area contributed by atoms with Crippen LogP contribution in [0.25, 0.3) is 21.8 Å². The molecule has 3 aromatic rings. The molecule has 1 N–H and O–H groups in total. The summed E-state index contributed by atoms with van der Waals surface area (Å²) in [7, 11) is 1.87. The Hall–Kier alpha value is -2.86. The Morgan fingerprint density at radius 2 is 2.00 bits per heavy atom. The van der Waals surface area contributed by atoms with Crippen molar-refractivity contribution in [3.8, 4) is 11.5 Å². The summed E-state index contributed by atoms with van der Waals surface area (Å²) in [5, 5.41) is 5.03. The molecule has 2 heterocycles. The normalized spacial score (nSPS) is 14.4. The molecule has 1 aliphatic rings. The molecule has 1 fully saturated rings. The standard InChI is InChI=1S/C23H27N3O3/c1-16-20(28-13-7-12-26-10-5-6-11-26)14-19-21(23(16)29-15-27)22(24-2)17-8-3-4-9-18(17)25-19/h3-4,8-9,14-15H,5-7,10-13H2,1-2H3,(H,24,25). The number of pyridine rings is 1. The zero-order valence-electron chi connectivity index (χ0n) is 17.0. The van der Waals surface area contributed by atoms with Crippen molar-refractivity contribution in [3.05, 3.63) is 35.9 Å². The van der Waals surface area contributed by atoms with Crippen LogP contribution in [-0.2, 0) is 4.79 Å². The summed E-state index contributed by atoms with van der Waals surface area (Å²) in [6, 6.07) is 9.88. The summed E-state index contributed by atoms with van der Waals surface area (Å²) < 4.78 is 11.5. The lowest BCUT2D eigenvalue weighted by Gasteiger charge is -2.18. The molecule has 1 aromatic heterocycles. The van der Waals surface area contributed by atoms with Crippen molar-refractivity contribution in [2.75, 3.05) is 38.6 Å². The van der Waals surface area contributed by atoms with Gasteiger partial charge in [0, 0.05) is 30.6 Å². The predicted molar refractivity (Wildman–Crippen MR) is 116 cm³/mol. The van der Waals surface area contributed by atoms with Crippen molar-refractivity contribution >= 4 is 34.0 Å². The van der Waals surface area contributed by atoms with Crippen molar-refractivity contribution in [3.63, 3.8) is 0 Å². The Balaban J connectivity index is 1.70. The number of rotatable bonds is 8. The molecule has 6 nitrogen and oxygen atoms in total. The van der Waals surface area contributed by atoms with E-state index in [1.807, 2.05) is 44.3 Å². The first kappa shape index (κ1) is 19.5. The molecule has 2 aromatic carbocycles. The van der Waals surface area contributed by atoms with Crippen LogP contribution in [0.5, 0.6) is 11.5 Å². The van der Waals surface area contributed by atoms with Crippen LogP contribution >= 0.6 is 0 Å². The maximum Gasteiger partial charge on any atom is 0.298 e. The molecule has 1 saturated heterocycles. The second-order valence-corrected chi connectivity index (χ2v) is 7.44. The molecule has 6 heteroatoms. The highest BCUT2D eigenvalue weighted by atomic mass is 16.5. The number of anilines is 1. The number of nitrogens with one attached hydrogen (secondary N) is 1. The van der Waals surface area contributed by atoms with E-state index in [0.29, 0.717) is 24.6 Å². The van der Waals surface area contributed by atoms with Crippen LogP contribution in [0.2, 0.25) is 0 Å². The van der Waals surface area contributed by atoms with Crippen LogP contribution in [-0.4, -0.2) is 49.6 Å². The molecule has 0 atom stereocenters. The molecule has 0 aliphatic carbocycles. The number of benzene rings is 2. The minimum Gasteiger partial charge on any atom is -0.493 e. The van der Waals surface area contributed by atoms with E-state index in [-0.39, 0.29) is 0 Å². The highest BCUT2D eigenvalue weighted by Crippen LogP contribution is 2.42. The third-order valence-corrected chi connectivity index (χ3v) is 5.62. The zero-order valence-corrected chi connectivity index (χ0v) is 17.0. The molecule has 4 rings (SSSR count).